The summed E-state index contributed by atoms with van der Waals surface area (Å²) >= 11 is 0. The van der Waals surface area contributed by atoms with Crippen molar-refractivity contribution in [2.75, 3.05) is 27.9 Å². The molecule has 0 aliphatic rings. The number of aromatic nitrogens is 1. The maximum atomic E-state index is 13.3. The van der Waals surface area contributed by atoms with E-state index >= 15 is 0 Å². The molecule has 0 aliphatic carbocycles. The molecule has 38 heavy (non-hydrogen) atoms. The van der Waals surface area contributed by atoms with Crippen LogP contribution in [0.5, 0.6) is 28.7 Å². The van der Waals surface area contributed by atoms with Gasteiger partial charge in [-0.05, 0) is 42.8 Å². The van der Waals surface area contributed by atoms with Crippen LogP contribution in [0.15, 0.2) is 63.9 Å². The average Bonchev–Trinajstić information content (AvgIpc) is 2.96. The molecule has 0 unspecified atom stereocenters. The predicted molar refractivity (Wildman–Crippen MR) is 140 cm³/mol. The number of methoxy groups -OCH3 is 3. The number of nitrogens with zero attached hydrogens (tertiary/aromatic N) is 1. The van der Waals surface area contributed by atoms with Crippen molar-refractivity contribution in [1.29, 1.82) is 0 Å². The number of amides is 1. The van der Waals surface area contributed by atoms with Crippen LogP contribution in [-0.4, -0.2) is 43.9 Å². The summed E-state index contributed by atoms with van der Waals surface area (Å²) in [6, 6.07) is 13.7. The van der Waals surface area contributed by atoms with Crippen LogP contribution in [0, 0.1) is 0 Å². The lowest BCUT2D eigenvalue weighted by Crippen LogP contribution is -2.23. The second-order valence-corrected chi connectivity index (χ2v) is 8.20. The normalized spacial score (nSPS) is 10.7. The summed E-state index contributed by atoms with van der Waals surface area (Å²) in [6.07, 6.45) is 2.25. The largest absolute Gasteiger partial charge is 0.502 e. The Morgan fingerprint density at radius 2 is 1.82 bits per heavy atom. The topological polar surface area (TPSA) is 129 Å². The Balaban J connectivity index is 1.57. The SMILES string of the molecule is COc1ccc(-c2oc3c(OC)c(OC)cc(OCCCC(=O)NCc4ccccn4)c3c(=O)c2O)cc1. The zero-order chi connectivity index (χ0) is 27.1. The van der Waals surface area contributed by atoms with Crippen LogP contribution in [-0.2, 0) is 11.3 Å². The number of pyridine rings is 1. The smallest absolute Gasteiger partial charge is 0.238 e. The zero-order valence-electron chi connectivity index (χ0n) is 21.3. The Morgan fingerprint density at radius 3 is 2.47 bits per heavy atom. The molecule has 4 aromatic rings. The molecule has 2 aromatic heterocycles. The summed E-state index contributed by atoms with van der Waals surface area (Å²) < 4.78 is 28.0. The Kier molecular flexibility index (Phi) is 8.32. The van der Waals surface area contributed by atoms with Crippen LogP contribution in [0.2, 0.25) is 0 Å². The second-order valence-electron chi connectivity index (χ2n) is 8.20. The number of carbonyl (C=O) groups excluding carboxylic acids is 1. The van der Waals surface area contributed by atoms with E-state index in [1.807, 2.05) is 12.1 Å². The lowest BCUT2D eigenvalue weighted by molar-refractivity contribution is -0.121. The van der Waals surface area contributed by atoms with Gasteiger partial charge in [0.05, 0.1) is 40.2 Å². The highest BCUT2D eigenvalue weighted by atomic mass is 16.5. The van der Waals surface area contributed by atoms with Gasteiger partial charge < -0.3 is 33.8 Å². The van der Waals surface area contributed by atoms with Gasteiger partial charge in [-0.25, -0.2) is 0 Å². The van der Waals surface area contributed by atoms with E-state index in [-0.39, 0.29) is 52.9 Å². The quantitative estimate of drug-likeness (QED) is 0.281. The molecule has 198 valence electrons. The number of ether oxygens (including phenoxy) is 4. The van der Waals surface area contributed by atoms with Crippen LogP contribution >= 0.6 is 0 Å². The molecule has 0 bridgehead atoms. The number of hydrogen-bond donors (Lipinski definition) is 2. The van der Waals surface area contributed by atoms with E-state index in [4.69, 9.17) is 23.4 Å². The Morgan fingerprint density at radius 1 is 1.03 bits per heavy atom. The first-order valence-corrected chi connectivity index (χ1v) is 11.8. The van der Waals surface area contributed by atoms with Crippen LogP contribution < -0.4 is 29.7 Å². The maximum absolute atomic E-state index is 13.3. The van der Waals surface area contributed by atoms with Crippen molar-refractivity contribution in [2.45, 2.75) is 19.4 Å². The van der Waals surface area contributed by atoms with E-state index in [2.05, 4.69) is 10.3 Å². The molecule has 0 radical (unpaired) electrons. The summed E-state index contributed by atoms with van der Waals surface area (Å²) in [5.74, 6) is 0.431. The van der Waals surface area contributed by atoms with Crippen LogP contribution in [0.4, 0.5) is 0 Å². The monoisotopic (exact) mass is 520 g/mol. The molecule has 10 nitrogen and oxygen atoms in total. The van der Waals surface area contributed by atoms with Crippen molar-refractivity contribution in [1.82, 2.24) is 10.3 Å². The van der Waals surface area contributed by atoms with Crippen molar-refractivity contribution in [3.05, 3.63) is 70.6 Å². The number of nitrogens with one attached hydrogen (secondary N) is 1. The summed E-state index contributed by atoms with van der Waals surface area (Å²) in [7, 11) is 4.40. The molecule has 10 heteroatoms. The van der Waals surface area contributed by atoms with Crippen LogP contribution in [0.3, 0.4) is 0 Å². The lowest BCUT2D eigenvalue weighted by atomic mass is 10.1. The summed E-state index contributed by atoms with van der Waals surface area (Å²) in [6.45, 7) is 0.458. The fraction of sp³-hybridized carbons (Fsp3) is 0.250. The minimum Gasteiger partial charge on any atom is -0.502 e. The first kappa shape index (κ1) is 26.3. The molecule has 0 aliphatic heterocycles. The third kappa shape index (κ3) is 5.64. The fourth-order valence-electron chi connectivity index (χ4n) is 3.87. The van der Waals surface area contributed by atoms with E-state index in [1.165, 1.54) is 27.4 Å². The van der Waals surface area contributed by atoms with Gasteiger partial charge in [0, 0.05) is 24.2 Å². The highest BCUT2D eigenvalue weighted by Gasteiger charge is 2.24. The minimum atomic E-state index is -0.693. The van der Waals surface area contributed by atoms with Gasteiger partial charge in [-0.3, -0.25) is 14.6 Å². The number of fused-ring (bicyclic) bond motifs is 1. The van der Waals surface area contributed by atoms with E-state index in [0.29, 0.717) is 24.3 Å². The predicted octanol–water partition coefficient (Wildman–Crippen LogP) is 4.06. The second kappa shape index (κ2) is 12.0. The van der Waals surface area contributed by atoms with Crippen LogP contribution in [0.25, 0.3) is 22.3 Å². The Bertz CT molecular complexity index is 1470. The van der Waals surface area contributed by atoms with Crippen molar-refractivity contribution in [3.63, 3.8) is 0 Å². The molecule has 2 aromatic carbocycles. The Hall–Kier alpha value is -4.73. The van der Waals surface area contributed by atoms with Gasteiger partial charge in [0.15, 0.2) is 17.1 Å². The molecule has 0 saturated heterocycles. The van der Waals surface area contributed by atoms with Gasteiger partial charge in [-0.2, -0.15) is 0 Å². The molecule has 0 saturated carbocycles. The molecule has 4 rings (SSSR count). The standard InChI is InChI=1S/C28H28N2O8/c1-34-19-11-9-17(10-12-19)26-25(33)24(32)23-20(15-21(35-2)27(36-3)28(23)38-26)37-14-6-8-22(31)30-16-18-7-4-5-13-29-18/h4-5,7,9-13,15,33H,6,8,14,16H2,1-3H3,(H,30,31). The zero-order valence-corrected chi connectivity index (χ0v) is 21.3. The first-order valence-electron chi connectivity index (χ1n) is 11.8. The lowest BCUT2D eigenvalue weighted by Gasteiger charge is -2.16. The number of benzene rings is 2. The minimum absolute atomic E-state index is 0.00276. The number of aromatic hydroxyl groups is 1. The van der Waals surface area contributed by atoms with Gasteiger partial charge >= 0.3 is 0 Å². The molecule has 0 fully saturated rings. The third-order valence-corrected chi connectivity index (χ3v) is 5.80. The van der Waals surface area contributed by atoms with Crippen molar-refractivity contribution >= 4 is 16.9 Å². The van der Waals surface area contributed by atoms with E-state index in [0.717, 1.165) is 5.69 Å². The van der Waals surface area contributed by atoms with Gasteiger partial charge in [0.2, 0.25) is 22.8 Å². The first-order chi connectivity index (χ1) is 18.5. The summed E-state index contributed by atoms with van der Waals surface area (Å²) in [5.41, 5.74) is 0.588. The molecule has 2 N–H and O–H groups in total. The highest BCUT2D eigenvalue weighted by Crippen LogP contribution is 2.43. The van der Waals surface area contributed by atoms with Crippen molar-refractivity contribution in [3.8, 4) is 40.1 Å². The fourth-order valence-corrected chi connectivity index (χ4v) is 3.87. The average molecular weight is 521 g/mol. The van der Waals surface area contributed by atoms with Gasteiger partial charge in [-0.15, -0.1) is 0 Å². The van der Waals surface area contributed by atoms with Gasteiger partial charge in [0.25, 0.3) is 0 Å². The molecule has 0 spiro atoms. The van der Waals surface area contributed by atoms with Crippen LogP contribution in [0.1, 0.15) is 18.5 Å². The number of hydrogen-bond acceptors (Lipinski definition) is 9. The number of carbonyl (C=O) groups is 1. The summed E-state index contributed by atoms with van der Waals surface area (Å²) in [5, 5.41) is 13.6. The third-order valence-electron chi connectivity index (χ3n) is 5.80. The molecular weight excluding hydrogens is 492 g/mol. The van der Waals surface area contributed by atoms with E-state index < -0.39 is 11.2 Å². The van der Waals surface area contributed by atoms with Gasteiger partial charge in [-0.1, -0.05) is 6.07 Å². The molecule has 0 atom stereocenters. The Labute approximate surface area is 218 Å². The maximum Gasteiger partial charge on any atom is 0.238 e. The highest BCUT2D eigenvalue weighted by molar-refractivity contribution is 5.93. The van der Waals surface area contributed by atoms with Crippen molar-refractivity contribution < 1.29 is 33.3 Å². The van der Waals surface area contributed by atoms with E-state index in [9.17, 15) is 14.7 Å². The summed E-state index contributed by atoms with van der Waals surface area (Å²) in [4.78, 5) is 29.7. The number of rotatable bonds is 11. The van der Waals surface area contributed by atoms with E-state index in [1.54, 1.807) is 36.5 Å². The van der Waals surface area contributed by atoms with Gasteiger partial charge in [0.1, 0.15) is 16.9 Å². The molecular formula is C28H28N2O8. The van der Waals surface area contributed by atoms with Crippen molar-refractivity contribution in [2.24, 2.45) is 0 Å². The molecule has 1 amide bonds. The molecule has 2 heterocycles.